The second kappa shape index (κ2) is 12.3. The fraction of sp³-hybridized carbons (Fsp3) is 0.714. The van der Waals surface area contributed by atoms with Gasteiger partial charge in [0.15, 0.2) is 0 Å². The van der Waals surface area contributed by atoms with Crippen LogP contribution in [-0.4, -0.2) is 28.4 Å². The summed E-state index contributed by atoms with van der Waals surface area (Å²) in [6, 6.07) is 0. The van der Waals surface area contributed by atoms with Gasteiger partial charge < -0.3 is 8.85 Å². The number of rotatable bonds is 4. The monoisotopic (exact) mass is 175 g/mol. The summed E-state index contributed by atoms with van der Waals surface area (Å²) in [5.74, 6) is 1.75. The third-order valence-electron chi connectivity index (χ3n) is 0.803. The summed E-state index contributed by atoms with van der Waals surface area (Å²) in [4.78, 5) is 0. The van der Waals surface area contributed by atoms with E-state index in [-0.39, 0.29) is 0 Å². The van der Waals surface area contributed by atoms with Crippen LogP contribution < -0.4 is 0 Å². The van der Waals surface area contributed by atoms with Gasteiger partial charge >= 0.3 is 9.28 Å². The molecule has 66 valence electrons. The summed E-state index contributed by atoms with van der Waals surface area (Å²) in [7, 11) is -1.20. The van der Waals surface area contributed by atoms with Gasteiger partial charge in [-0.3, -0.25) is 5.41 Å². The number of hydrogen-bond donors (Lipinski definition) is 1. The van der Waals surface area contributed by atoms with Crippen LogP contribution in [0.3, 0.4) is 0 Å². The molecule has 0 aromatic carbocycles. The molecule has 0 aromatic rings. The first-order chi connectivity index (χ1) is 5.22. The first-order valence-electron chi connectivity index (χ1n) is 3.64. The van der Waals surface area contributed by atoms with Crippen molar-refractivity contribution in [3.63, 3.8) is 0 Å². The Morgan fingerprint density at radius 1 is 1.36 bits per heavy atom. The molecule has 0 aliphatic carbocycles. The normalized spacial score (nSPS) is 8.36. The molecule has 0 saturated carbocycles. The third-order valence-corrected chi connectivity index (χ3v) is 2.41. The fourth-order valence-electron chi connectivity index (χ4n) is 0.518. The van der Waals surface area contributed by atoms with Crippen molar-refractivity contribution < 1.29 is 8.85 Å². The summed E-state index contributed by atoms with van der Waals surface area (Å²) >= 11 is 0. The van der Waals surface area contributed by atoms with Gasteiger partial charge in [-0.1, -0.05) is 0 Å². The molecule has 0 spiro atoms. The summed E-state index contributed by atoms with van der Waals surface area (Å²) in [6.07, 6.45) is 0. The largest absolute Gasteiger partial charge is 0.397 e. The van der Waals surface area contributed by atoms with E-state index >= 15 is 0 Å². The van der Waals surface area contributed by atoms with Gasteiger partial charge in [0.2, 0.25) is 0 Å². The van der Waals surface area contributed by atoms with Crippen molar-refractivity contribution in [2.45, 2.75) is 20.4 Å². The van der Waals surface area contributed by atoms with Crippen LogP contribution in [0.4, 0.5) is 0 Å². The highest BCUT2D eigenvalue weighted by Crippen LogP contribution is 1.85. The molecule has 0 unspecified atom stereocenters. The van der Waals surface area contributed by atoms with E-state index in [1.807, 2.05) is 20.4 Å². The van der Waals surface area contributed by atoms with E-state index in [4.69, 9.17) is 14.3 Å². The zero-order valence-corrected chi connectivity index (χ0v) is 8.67. The van der Waals surface area contributed by atoms with Crippen LogP contribution in [0.5, 0.6) is 0 Å². The second-order valence-electron chi connectivity index (χ2n) is 1.66. The Balaban J connectivity index is 0. The lowest BCUT2D eigenvalue weighted by molar-refractivity contribution is 0.219. The van der Waals surface area contributed by atoms with Crippen LogP contribution in [0.1, 0.15) is 13.8 Å². The highest BCUT2D eigenvalue weighted by molar-refractivity contribution is 6.42. The Kier molecular flexibility index (Phi) is 14.7. The molecule has 0 rings (SSSR count). The van der Waals surface area contributed by atoms with Crippen LogP contribution in [-0.2, 0) is 8.85 Å². The Morgan fingerprint density at radius 3 is 1.82 bits per heavy atom. The first kappa shape index (κ1) is 13.2. The average molecular weight is 175 g/mol. The number of hydrogen-bond acceptors (Lipinski definition) is 3. The lowest BCUT2D eigenvalue weighted by atomic mass is 10.9. The lowest BCUT2D eigenvalue weighted by Gasteiger charge is -2.07. The molecule has 1 N–H and O–H groups in total. The van der Waals surface area contributed by atoms with E-state index in [0.717, 1.165) is 13.2 Å². The molecule has 0 amide bonds. The molecule has 0 atom stereocenters. The van der Waals surface area contributed by atoms with Crippen LogP contribution >= 0.6 is 0 Å². The molecule has 11 heavy (non-hydrogen) atoms. The average Bonchev–Trinajstić information content (AvgIpc) is 1.90. The maximum Gasteiger partial charge on any atom is 0.318 e. The molecule has 0 heterocycles. The van der Waals surface area contributed by atoms with Gasteiger partial charge in [-0.25, -0.2) is 0 Å². The standard InChI is InChI=1S/C5H14O2Si.C2H3N/c1-4-6-8(3)7-5-2;1-2-3/h8H,4-5H2,1-3H3;3H,1H2. The highest BCUT2D eigenvalue weighted by atomic mass is 28.3. The molecule has 3 nitrogen and oxygen atoms in total. The molecular formula is C7H17NO2Si. The minimum absolute atomic E-state index is 0.785. The summed E-state index contributed by atoms with van der Waals surface area (Å²) in [5, 5.41) is 5.85. The van der Waals surface area contributed by atoms with E-state index in [2.05, 4.69) is 6.58 Å². The van der Waals surface area contributed by atoms with Crippen molar-refractivity contribution in [3.05, 3.63) is 6.58 Å². The van der Waals surface area contributed by atoms with Crippen LogP contribution in [0.25, 0.3) is 0 Å². The van der Waals surface area contributed by atoms with E-state index in [0.29, 0.717) is 0 Å². The van der Waals surface area contributed by atoms with E-state index < -0.39 is 9.28 Å². The van der Waals surface area contributed by atoms with Crippen LogP contribution in [0, 0.1) is 5.41 Å². The molecule has 0 aliphatic heterocycles. The Bertz CT molecular complexity index is 96.6. The van der Waals surface area contributed by atoms with Crippen molar-refractivity contribution >= 4 is 15.2 Å². The smallest absolute Gasteiger partial charge is 0.318 e. The summed E-state index contributed by atoms with van der Waals surface area (Å²) < 4.78 is 10.4. The maximum atomic E-state index is 5.85. The zero-order valence-electron chi connectivity index (χ0n) is 7.52. The quantitative estimate of drug-likeness (QED) is 0.517. The molecule has 0 radical (unpaired) electrons. The molecule has 0 aromatic heterocycles. The molecule has 0 bridgehead atoms. The SMILES string of the molecule is C=C=N.CCO[SiH](C)OCC. The van der Waals surface area contributed by atoms with E-state index in [1.54, 1.807) is 5.87 Å². The predicted octanol–water partition coefficient (Wildman–Crippen LogP) is 1.33. The van der Waals surface area contributed by atoms with Gasteiger partial charge in [0, 0.05) is 13.2 Å². The Hall–Kier alpha value is -0.413. The topological polar surface area (TPSA) is 42.3 Å². The minimum Gasteiger partial charge on any atom is -0.397 e. The van der Waals surface area contributed by atoms with Crippen molar-refractivity contribution in [1.82, 2.24) is 0 Å². The minimum atomic E-state index is -1.20. The molecule has 4 heteroatoms. The molecule has 0 aliphatic rings. The van der Waals surface area contributed by atoms with E-state index in [1.165, 1.54) is 0 Å². The summed E-state index contributed by atoms with van der Waals surface area (Å²) in [6.45, 7) is 10.5. The second-order valence-corrected chi connectivity index (χ2v) is 3.46. The van der Waals surface area contributed by atoms with Crippen LogP contribution in [0.2, 0.25) is 6.55 Å². The summed E-state index contributed by atoms with van der Waals surface area (Å²) in [5.41, 5.74) is 0. The van der Waals surface area contributed by atoms with Crippen molar-refractivity contribution in [3.8, 4) is 0 Å². The predicted molar refractivity (Wildman–Crippen MR) is 49.6 cm³/mol. The van der Waals surface area contributed by atoms with Gasteiger partial charge in [0.25, 0.3) is 0 Å². The lowest BCUT2D eigenvalue weighted by Crippen LogP contribution is -2.17. The van der Waals surface area contributed by atoms with Crippen molar-refractivity contribution in [2.75, 3.05) is 13.2 Å². The molecular weight excluding hydrogens is 158 g/mol. The molecule has 0 saturated heterocycles. The number of nitrogens with one attached hydrogen (secondary N) is 1. The van der Waals surface area contributed by atoms with Crippen molar-refractivity contribution in [1.29, 1.82) is 5.41 Å². The first-order valence-corrected chi connectivity index (χ1v) is 5.74. The van der Waals surface area contributed by atoms with E-state index in [9.17, 15) is 0 Å². The van der Waals surface area contributed by atoms with Crippen molar-refractivity contribution in [2.24, 2.45) is 0 Å². The van der Waals surface area contributed by atoms with Gasteiger partial charge in [0.1, 0.15) is 0 Å². The van der Waals surface area contributed by atoms with Gasteiger partial charge in [-0.15, -0.1) is 0 Å². The van der Waals surface area contributed by atoms with Gasteiger partial charge in [-0.2, -0.15) is 0 Å². The van der Waals surface area contributed by atoms with Gasteiger partial charge in [-0.05, 0) is 32.8 Å². The molecule has 0 fully saturated rings. The maximum absolute atomic E-state index is 5.85. The Morgan fingerprint density at radius 2 is 1.64 bits per heavy atom. The Labute approximate surface area is 70.4 Å². The van der Waals surface area contributed by atoms with Gasteiger partial charge in [0.05, 0.1) is 0 Å². The highest BCUT2D eigenvalue weighted by Gasteiger charge is 1.99. The third kappa shape index (κ3) is 17.7. The zero-order chi connectivity index (χ0) is 9.11. The fourth-order valence-corrected chi connectivity index (χ4v) is 1.55. The van der Waals surface area contributed by atoms with Crippen LogP contribution in [0.15, 0.2) is 6.58 Å².